The minimum atomic E-state index is -0.827. The Labute approximate surface area is 174 Å². The molecular weight excluding hydrogens is 396 g/mol. The van der Waals surface area contributed by atoms with Crippen molar-refractivity contribution >= 4 is 29.9 Å². The molecule has 0 unspecified atom stereocenters. The number of esters is 1. The van der Waals surface area contributed by atoms with Crippen molar-refractivity contribution in [3.05, 3.63) is 46.9 Å². The zero-order valence-corrected chi connectivity index (χ0v) is 17.4. The molecule has 0 saturated carbocycles. The van der Waals surface area contributed by atoms with Gasteiger partial charge in [-0.3, -0.25) is 4.79 Å². The van der Waals surface area contributed by atoms with Crippen molar-refractivity contribution in [2.75, 3.05) is 20.0 Å². The second-order valence-electron chi connectivity index (χ2n) is 6.40. The molecule has 1 saturated heterocycles. The molecule has 29 heavy (non-hydrogen) atoms. The third-order valence-electron chi connectivity index (χ3n) is 4.48. The van der Waals surface area contributed by atoms with Gasteiger partial charge in [0.1, 0.15) is 0 Å². The van der Waals surface area contributed by atoms with E-state index in [2.05, 4.69) is 9.47 Å². The number of urea groups is 1. The van der Waals surface area contributed by atoms with Gasteiger partial charge in [0.05, 0.1) is 20.3 Å². The summed E-state index contributed by atoms with van der Waals surface area (Å²) in [7, 11) is 2.58. The summed E-state index contributed by atoms with van der Waals surface area (Å²) < 4.78 is 14.7. The van der Waals surface area contributed by atoms with Gasteiger partial charge in [-0.25, -0.2) is 9.59 Å². The summed E-state index contributed by atoms with van der Waals surface area (Å²) in [4.78, 5) is 37.5. The smallest absolute Gasteiger partial charge is 0.469 e. The number of nitrogens with two attached hydrogens (primary N) is 1. The van der Waals surface area contributed by atoms with Gasteiger partial charge in [-0.2, -0.15) is 0 Å². The van der Waals surface area contributed by atoms with Gasteiger partial charge in [0, 0.05) is 23.6 Å². The standard InChI is InChI=1S/C20H26N2O6S/c1-26-17(23)11-7-6-10-16-18(28-20(25)27-2)15(13-29-16)22(19(21)24)12-14-8-4-3-5-9-14/h3-5,8-10,15,18H,6-7,11-13H2,1-2H3,(H2,21,24)/b16-10-/t15-,18-/m0/s1. The molecule has 0 bridgehead atoms. The number of hydrogen-bond acceptors (Lipinski definition) is 7. The fourth-order valence-corrected chi connectivity index (χ4v) is 4.31. The highest BCUT2D eigenvalue weighted by atomic mass is 32.2. The van der Waals surface area contributed by atoms with Gasteiger partial charge in [0.25, 0.3) is 0 Å². The highest BCUT2D eigenvalue weighted by Gasteiger charge is 2.41. The van der Waals surface area contributed by atoms with E-state index in [1.54, 1.807) is 0 Å². The molecule has 2 amide bonds. The van der Waals surface area contributed by atoms with Gasteiger partial charge in [-0.15, -0.1) is 11.8 Å². The Morgan fingerprint density at radius 3 is 2.55 bits per heavy atom. The monoisotopic (exact) mass is 422 g/mol. The number of carbonyl (C=O) groups is 3. The maximum Gasteiger partial charge on any atom is 0.508 e. The van der Waals surface area contributed by atoms with Crippen LogP contribution in [0, 0.1) is 0 Å². The van der Waals surface area contributed by atoms with Crippen molar-refractivity contribution in [3.63, 3.8) is 0 Å². The lowest BCUT2D eigenvalue weighted by molar-refractivity contribution is -0.140. The molecule has 0 aromatic heterocycles. The minimum Gasteiger partial charge on any atom is -0.469 e. The molecule has 1 heterocycles. The van der Waals surface area contributed by atoms with Gasteiger partial charge in [0.15, 0.2) is 6.10 Å². The third kappa shape index (κ3) is 6.70. The average Bonchev–Trinajstić information content (AvgIpc) is 3.11. The molecule has 0 radical (unpaired) electrons. The summed E-state index contributed by atoms with van der Waals surface area (Å²) in [5.74, 6) is 0.255. The van der Waals surface area contributed by atoms with Crippen molar-refractivity contribution in [1.29, 1.82) is 0 Å². The molecule has 8 nitrogen and oxygen atoms in total. The molecule has 9 heteroatoms. The van der Waals surface area contributed by atoms with Crippen LogP contribution in [0.15, 0.2) is 41.3 Å². The SMILES string of the molecule is COC(=O)CCC/C=C1\SC[C@H](N(Cc2ccccc2)C(N)=O)[C@@H]1OC(=O)OC. The van der Waals surface area contributed by atoms with Crippen molar-refractivity contribution in [2.24, 2.45) is 5.73 Å². The summed E-state index contributed by atoms with van der Waals surface area (Å²) >= 11 is 1.49. The van der Waals surface area contributed by atoms with E-state index in [-0.39, 0.29) is 5.97 Å². The lowest BCUT2D eigenvalue weighted by atomic mass is 10.1. The van der Waals surface area contributed by atoms with E-state index >= 15 is 0 Å². The first kappa shape index (κ1) is 22.6. The number of ether oxygens (including phenoxy) is 3. The molecule has 2 rings (SSSR count). The first-order valence-corrected chi connectivity index (χ1v) is 10.2. The largest absolute Gasteiger partial charge is 0.508 e. The first-order valence-electron chi connectivity index (χ1n) is 9.20. The maximum atomic E-state index is 12.2. The number of hydrogen-bond donors (Lipinski definition) is 1. The lowest BCUT2D eigenvalue weighted by Gasteiger charge is -2.30. The number of benzene rings is 1. The number of methoxy groups -OCH3 is 2. The summed E-state index contributed by atoms with van der Waals surface area (Å²) in [6.45, 7) is 0.304. The predicted molar refractivity (Wildman–Crippen MR) is 109 cm³/mol. The molecule has 1 aliphatic rings. The van der Waals surface area contributed by atoms with E-state index in [0.29, 0.717) is 31.6 Å². The number of allylic oxidation sites excluding steroid dienone is 1. The molecule has 0 aliphatic carbocycles. The lowest BCUT2D eigenvalue weighted by Crippen LogP contribution is -2.49. The van der Waals surface area contributed by atoms with Crippen molar-refractivity contribution in [2.45, 2.75) is 38.0 Å². The minimum absolute atomic E-state index is 0.273. The number of unbranched alkanes of at least 4 members (excludes halogenated alkanes) is 1. The van der Waals surface area contributed by atoms with Crippen LogP contribution in [0.4, 0.5) is 9.59 Å². The van der Waals surface area contributed by atoms with Crippen LogP contribution in [0.2, 0.25) is 0 Å². The van der Waals surface area contributed by atoms with E-state index in [9.17, 15) is 14.4 Å². The fraction of sp³-hybridized carbons (Fsp3) is 0.450. The van der Waals surface area contributed by atoms with Gasteiger partial charge >= 0.3 is 18.2 Å². The Kier molecular flexibility index (Phi) is 8.85. The second-order valence-corrected chi connectivity index (χ2v) is 7.49. The number of amides is 2. The van der Waals surface area contributed by atoms with Crippen LogP contribution in [0.5, 0.6) is 0 Å². The van der Waals surface area contributed by atoms with Gasteiger partial charge in [-0.05, 0) is 18.4 Å². The average molecular weight is 423 g/mol. The molecule has 1 aromatic rings. The highest BCUT2D eigenvalue weighted by Crippen LogP contribution is 2.37. The Balaban J connectivity index is 2.15. The Bertz CT molecular complexity index is 740. The molecule has 0 spiro atoms. The quantitative estimate of drug-likeness (QED) is 0.507. The number of carbonyl (C=O) groups excluding carboxylic acids is 3. The van der Waals surface area contributed by atoms with E-state index in [1.807, 2.05) is 36.4 Å². The first-order chi connectivity index (χ1) is 14.0. The Morgan fingerprint density at radius 1 is 1.21 bits per heavy atom. The van der Waals surface area contributed by atoms with Gasteiger partial charge in [0.2, 0.25) is 0 Å². The fourth-order valence-electron chi connectivity index (χ4n) is 2.99. The predicted octanol–water partition coefficient (Wildman–Crippen LogP) is 3.06. The van der Waals surface area contributed by atoms with E-state index in [1.165, 1.54) is 30.9 Å². The van der Waals surface area contributed by atoms with Crippen molar-refractivity contribution in [3.8, 4) is 0 Å². The van der Waals surface area contributed by atoms with Crippen LogP contribution in [0.3, 0.4) is 0 Å². The summed E-state index contributed by atoms with van der Waals surface area (Å²) in [6, 6.07) is 8.44. The summed E-state index contributed by atoms with van der Waals surface area (Å²) in [5.41, 5.74) is 6.56. The van der Waals surface area contributed by atoms with E-state index < -0.39 is 24.3 Å². The van der Waals surface area contributed by atoms with Crippen LogP contribution in [0.1, 0.15) is 24.8 Å². The number of rotatable bonds is 8. The molecule has 1 aromatic carbocycles. The molecule has 2 atom stereocenters. The molecule has 1 aliphatic heterocycles. The van der Waals surface area contributed by atoms with Gasteiger partial charge < -0.3 is 24.8 Å². The molecular formula is C20H26N2O6S. The molecule has 2 N–H and O–H groups in total. The van der Waals surface area contributed by atoms with Crippen LogP contribution in [-0.2, 0) is 25.5 Å². The maximum absolute atomic E-state index is 12.2. The van der Waals surface area contributed by atoms with Crippen LogP contribution in [-0.4, -0.2) is 55.2 Å². The number of primary amides is 1. The van der Waals surface area contributed by atoms with Crippen LogP contribution in [0.25, 0.3) is 0 Å². The molecule has 1 fully saturated rings. The third-order valence-corrected chi connectivity index (χ3v) is 5.72. The zero-order chi connectivity index (χ0) is 21.2. The number of nitrogens with zero attached hydrogens (tertiary/aromatic N) is 1. The van der Waals surface area contributed by atoms with Crippen molar-refractivity contribution < 1.29 is 28.6 Å². The number of thioether (sulfide) groups is 1. The van der Waals surface area contributed by atoms with Crippen LogP contribution >= 0.6 is 11.8 Å². The Hall–Kier alpha value is -2.68. The summed E-state index contributed by atoms with van der Waals surface area (Å²) in [6.07, 6.45) is 1.94. The molecule has 158 valence electrons. The summed E-state index contributed by atoms with van der Waals surface area (Å²) in [5, 5.41) is 0. The highest BCUT2D eigenvalue weighted by molar-refractivity contribution is 8.03. The van der Waals surface area contributed by atoms with Gasteiger partial charge in [-0.1, -0.05) is 36.4 Å². The van der Waals surface area contributed by atoms with E-state index in [0.717, 1.165) is 10.5 Å². The topological polar surface area (TPSA) is 108 Å². The normalized spacial score (nSPS) is 19.6. The second kappa shape index (κ2) is 11.4. The Morgan fingerprint density at radius 2 is 1.93 bits per heavy atom. The van der Waals surface area contributed by atoms with E-state index in [4.69, 9.17) is 10.5 Å². The zero-order valence-electron chi connectivity index (χ0n) is 16.5. The van der Waals surface area contributed by atoms with Crippen LogP contribution < -0.4 is 5.73 Å². The van der Waals surface area contributed by atoms with Crippen molar-refractivity contribution in [1.82, 2.24) is 4.90 Å².